The molecule has 0 aliphatic rings. The Morgan fingerprint density at radius 2 is 1.92 bits per heavy atom. The van der Waals surface area contributed by atoms with E-state index in [2.05, 4.69) is 10.3 Å². The van der Waals surface area contributed by atoms with Crippen molar-refractivity contribution in [2.75, 3.05) is 5.32 Å². The number of hydrogen-bond acceptors (Lipinski definition) is 5. The van der Waals surface area contributed by atoms with Crippen LogP contribution in [0.3, 0.4) is 0 Å². The standard InChI is InChI=1S/C18H12N4O3S/c23-17(14-3-1-2-4-16(14)22(24)25)19-13-7-5-12(6-8-13)15-11-21-9-10-26-18(21)20-15/h1-11H,(H,19,23). The Balaban J connectivity index is 1.55. The van der Waals surface area contributed by atoms with Crippen molar-refractivity contribution in [3.63, 3.8) is 0 Å². The first-order valence-electron chi connectivity index (χ1n) is 7.69. The molecule has 4 aromatic rings. The van der Waals surface area contributed by atoms with Crippen LogP contribution in [0.2, 0.25) is 0 Å². The summed E-state index contributed by atoms with van der Waals surface area (Å²) in [6.45, 7) is 0. The van der Waals surface area contributed by atoms with Crippen LogP contribution < -0.4 is 5.32 Å². The average Bonchev–Trinajstić information content (AvgIpc) is 3.24. The first-order chi connectivity index (χ1) is 12.6. The fourth-order valence-corrected chi connectivity index (χ4v) is 3.31. The predicted molar refractivity (Wildman–Crippen MR) is 99.6 cm³/mol. The second-order valence-corrected chi connectivity index (χ2v) is 6.40. The highest BCUT2D eigenvalue weighted by Gasteiger charge is 2.19. The van der Waals surface area contributed by atoms with Gasteiger partial charge < -0.3 is 5.32 Å². The molecule has 1 amide bonds. The van der Waals surface area contributed by atoms with Gasteiger partial charge in [0.15, 0.2) is 4.96 Å². The van der Waals surface area contributed by atoms with Gasteiger partial charge in [-0.25, -0.2) is 4.98 Å². The average molecular weight is 364 g/mol. The van der Waals surface area contributed by atoms with Gasteiger partial charge >= 0.3 is 0 Å². The summed E-state index contributed by atoms with van der Waals surface area (Å²) in [5.74, 6) is -0.521. The van der Waals surface area contributed by atoms with Crippen LogP contribution in [0, 0.1) is 10.1 Å². The summed E-state index contributed by atoms with van der Waals surface area (Å²) in [4.78, 5) is 28.3. The van der Waals surface area contributed by atoms with E-state index < -0.39 is 10.8 Å². The maximum atomic E-state index is 12.3. The molecule has 2 heterocycles. The SMILES string of the molecule is O=C(Nc1ccc(-c2cn3ccsc3n2)cc1)c1ccccc1[N+](=O)[O-]. The molecule has 1 N–H and O–H groups in total. The lowest BCUT2D eigenvalue weighted by molar-refractivity contribution is -0.385. The number of carbonyl (C=O) groups is 1. The molecule has 0 saturated heterocycles. The number of fused-ring (bicyclic) bond motifs is 1. The molecule has 0 spiro atoms. The van der Waals surface area contributed by atoms with Crippen molar-refractivity contribution in [3.8, 4) is 11.3 Å². The number of nitrogens with zero attached hydrogens (tertiary/aromatic N) is 3. The Morgan fingerprint density at radius 3 is 2.65 bits per heavy atom. The van der Waals surface area contributed by atoms with Crippen LogP contribution in [0.5, 0.6) is 0 Å². The molecule has 2 aromatic heterocycles. The van der Waals surface area contributed by atoms with Gasteiger partial charge in [-0.2, -0.15) is 0 Å². The summed E-state index contributed by atoms with van der Waals surface area (Å²) in [5, 5.41) is 15.7. The van der Waals surface area contributed by atoms with Crippen LogP contribution in [-0.4, -0.2) is 20.2 Å². The number of hydrogen-bond donors (Lipinski definition) is 1. The Labute approximate surface area is 151 Å². The van der Waals surface area contributed by atoms with E-state index in [0.717, 1.165) is 16.2 Å². The zero-order valence-corrected chi connectivity index (χ0v) is 14.1. The quantitative estimate of drug-likeness (QED) is 0.433. The van der Waals surface area contributed by atoms with E-state index in [1.54, 1.807) is 29.5 Å². The zero-order valence-electron chi connectivity index (χ0n) is 13.3. The lowest BCUT2D eigenvalue weighted by atomic mass is 10.1. The number of carbonyl (C=O) groups excluding carboxylic acids is 1. The molecule has 0 saturated carbocycles. The van der Waals surface area contributed by atoms with Gasteiger partial charge in [0.05, 0.1) is 10.6 Å². The molecular weight excluding hydrogens is 352 g/mol. The van der Waals surface area contributed by atoms with Gasteiger partial charge in [0, 0.05) is 35.1 Å². The molecule has 26 heavy (non-hydrogen) atoms. The van der Waals surface area contributed by atoms with E-state index in [9.17, 15) is 14.9 Å². The van der Waals surface area contributed by atoms with Gasteiger partial charge in [0.1, 0.15) is 5.56 Å². The number of nitro groups is 1. The van der Waals surface area contributed by atoms with E-state index in [1.807, 2.05) is 34.3 Å². The molecule has 4 rings (SSSR count). The smallest absolute Gasteiger partial charge is 0.282 e. The van der Waals surface area contributed by atoms with Crippen molar-refractivity contribution in [2.24, 2.45) is 0 Å². The fraction of sp³-hybridized carbons (Fsp3) is 0. The minimum Gasteiger partial charge on any atom is -0.322 e. The molecule has 0 atom stereocenters. The lowest BCUT2D eigenvalue weighted by Gasteiger charge is -2.06. The summed E-state index contributed by atoms with van der Waals surface area (Å²) in [7, 11) is 0. The summed E-state index contributed by atoms with van der Waals surface area (Å²) in [6, 6.07) is 13.0. The van der Waals surface area contributed by atoms with Crippen molar-refractivity contribution in [3.05, 3.63) is 82.0 Å². The minimum absolute atomic E-state index is 0.0240. The Hall–Kier alpha value is -3.52. The van der Waals surface area contributed by atoms with E-state index in [4.69, 9.17) is 0 Å². The summed E-state index contributed by atoms with van der Waals surface area (Å²) >= 11 is 1.56. The van der Waals surface area contributed by atoms with Crippen LogP contribution in [0.25, 0.3) is 16.2 Å². The van der Waals surface area contributed by atoms with Crippen LogP contribution in [0.15, 0.2) is 66.3 Å². The molecule has 128 valence electrons. The number of amides is 1. The molecule has 0 fully saturated rings. The number of nitrogens with one attached hydrogen (secondary N) is 1. The number of imidazole rings is 1. The van der Waals surface area contributed by atoms with E-state index in [0.29, 0.717) is 5.69 Å². The second-order valence-electron chi connectivity index (χ2n) is 5.52. The van der Waals surface area contributed by atoms with Crippen molar-refractivity contribution >= 4 is 33.6 Å². The topological polar surface area (TPSA) is 89.5 Å². The number of para-hydroxylation sites is 1. The molecule has 7 nitrogen and oxygen atoms in total. The maximum absolute atomic E-state index is 12.3. The van der Waals surface area contributed by atoms with Gasteiger partial charge in [-0.15, -0.1) is 11.3 Å². The minimum atomic E-state index is -0.567. The number of aromatic nitrogens is 2. The number of thiazole rings is 1. The van der Waals surface area contributed by atoms with Gasteiger partial charge in [0.2, 0.25) is 0 Å². The lowest BCUT2D eigenvalue weighted by Crippen LogP contribution is -2.13. The van der Waals surface area contributed by atoms with Crippen LogP contribution >= 0.6 is 11.3 Å². The summed E-state index contributed by atoms with van der Waals surface area (Å²) < 4.78 is 1.95. The second kappa shape index (κ2) is 6.41. The Bertz CT molecular complexity index is 1090. The van der Waals surface area contributed by atoms with Gasteiger partial charge in [0.25, 0.3) is 11.6 Å². The Kier molecular flexibility index (Phi) is 3.94. The highest BCUT2D eigenvalue weighted by Crippen LogP contribution is 2.24. The monoisotopic (exact) mass is 364 g/mol. The molecular formula is C18H12N4O3S. The van der Waals surface area contributed by atoms with Gasteiger partial charge in [-0.1, -0.05) is 24.3 Å². The molecule has 0 bridgehead atoms. The number of benzene rings is 2. The molecule has 8 heteroatoms. The van der Waals surface area contributed by atoms with Crippen LogP contribution in [-0.2, 0) is 0 Å². The molecule has 2 aromatic carbocycles. The highest BCUT2D eigenvalue weighted by molar-refractivity contribution is 7.15. The van der Waals surface area contributed by atoms with Crippen molar-refractivity contribution in [1.82, 2.24) is 9.38 Å². The maximum Gasteiger partial charge on any atom is 0.282 e. The van der Waals surface area contributed by atoms with Crippen molar-refractivity contribution in [1.29, 1.82) is 0 Å². The van der Waals surface area contributed by atoms with E-state index >= 15 is 0 Å². The molecule has 0 radical (unpaired) electrons. The van der Waals surface area contributed by atoms with Crippen LogP contribution in [0.1, 0.15) is 10.4 Å². The zero-order chi connectivity index (χ0) is 18.1. The first-order valence-corrected chi connectivity index (χ1v) is 8.57. The molecule has 0 aliphatic heterocycles. The van der Waals surface area contributed by atoms with E-state index in [-0.39, 0.29) is 11.3 Å². The number of rotatable bonds is 4. The van der Waals surface area contributed by atoms with Crippen LogP contribution in [0.4, 0.5) is 11.4 Å². The Morgan fingerprint density at radius 1 is 1.15 bits per heavy atom. The third-order valence-corrected chi connectivity index (χ3v) is 4.65. The highest BCUT2D eigenvalue weighted by atomic mass is 32.1. The van der Waals surface area contributed by atoms with Crippen molar-refractivity contribution in [2.45, 2.75) is 0 Å². The third-order valence-electron chi connectivity index (χ3n) is 3.88. The predicted octanol–water partition coefficient (Wildman–Crippen LogP) is 4.22. The summed E-state index contributed by atoms with van der Waals surface area (Å²) in [5.41, 5.74) is 2.12. The van der Waals surface area contributed by atoms with Gasteiger partial charge in [-0.3, -0.25) is 19.3 Å². The van der Waals surface area contributed by atoms with Crippen molar-refractivity contribution < 1.29 is 9.72 Å². The third kappa shape index (κ3) is 2.93. The van der Waals surface area contributed by atoms with Gasteiger partial charge in [-0.05, 0) is 18.2 Å². The molecule has 0 aliphatic carbocycles. The largest absolute Gasteiger partial charge is 0.322 e. The fourth-order valence-electron chi connectivity index (χ4n) is 2.61. The molecule has 0 unspecified atom stereocenters. The van der Waals surface area contributed by atoms with E-state index in [1.165, 1.54) is 18.2 Å². The number of anilines is 1. The first kappa shape index (κ1) is 16.0. The summed E-state index contributed by atoms with van der Waals surface area (Å²) in [6.07, 6.45) is 3.88. The number of nitro benzene ring substituents is 1. The normalized spacial score (nSPS) is 10.8.